The maximum atomic E-state index is 6.16. The van der Waals surface area contributed by atoms with Crippen LogP contribution in [-0.2, 0) is 11.2 Å². The molecule has 1 aromatic rings. The van der Waals surface area contributed by atoms with Crippen molar-refractivity contribution in [2.45, 2.75) is 51.5 Å². The molecular formula is C15H20BrNO. The first-order chi connectivity index (χ1) is 8.56. The minimum atomic E-state index is 0.334. The van der Waals surface area contributed by atoms with Crippen molar-refractivity contribution in [2.24, 2.45) is 0 Å². The predicted molar refractivity (Wildman–Crippen MR) is 76.8 cm³/mol. The SMILES string of the molecule is CC(C)N1C[C@@H](C)O[C@@H]2Cc3cc(Br)ccc3[C@@H]21. The molecule has 18 heavy (non-hydrogen) atoms. The van der Waals surface area contributed by atoms with E-state index >= 15 is 0 Å². The lowest BCUT2D eigenvalue weighted by Crippen LogP contribution is -2.50. The van der Waals surface area contributed by atoms with Gasteiger partial charge in [0.2, 0.25) is 0 Å². The standard InChI is InChI=1S/C15H20BrNO/c1-9(2)17-8-10(3)18-14-7-11-6-12(16)4-5-13(11)15(14)17/h4-6,9-10,14-15H,7-8H2,1-3H3/t10-,14-,15+/m1/s1. The van der Waals surface area contributed by atoms with E-state index in [2.05, 4.69) is 59.8 Å². The number of ether oxygens (including phenoxy) is 1. The first-order valence-corrected chi connectivity index (χ1v) is 7.55. The van der Waals surface area contributed by atoms with Crippen LogP contribution in [0.2, 0.25) is 0 Å². The van der Waals surface area contributed by atoms with Gasteiger partial charge in [-0.3, -0.25) is 4.90 Å². The minimum absolute atomic E-state index is 0.334. The summed E-state index contributed by atoms with van der Waals surface area (Å²) in [4.78, 5) is 2.60. The summed E-state index contributed by atoms with van der Waals surface area (Å²) in [5.41, 5.74) is 2.91. The Morgan fingerprint density at radius 1 is 1.39 bits per heavy atom. The van der Waals surface area contributed by atoms with E-state index in [4.69, 9.17) is 4.74 Å². The van der Waals surface area contributed by atoms with Crippen LogP contribution in [0.25, 0.3) is 0 Å². The van der Waals surface area contributed by atoms with E-state index in [1.165, 1.54) is 15.6 Å². The molecule has 0 saturated carbocycles. The van der Waals surface area contributed by atoms with Crippen LogP contribution >= 0.6 is 15.9 Å². The molecule has 2 aliphatic rings. The third kappa shape index (κ3) is 2.02. The Balaban J connectivity index is 1.99. The molecule has 1 aliphatic heterocycles. The summed E-state index contributed by atoms with van der Waals surface area (Å²) in [5, 5.41) is 0. The van der Waals surface area contributed by atoms with Crippen molar-refractivity contribution in [3.63, 3.8) is 0 Å². The second-order valence-electron chi connectivity index (χ2n) is 5.77. The lowest BCUT2D eigenvalue weighted by Gasteiger charge is -2.43. The zero-order valence-electron chi connectivity index (χ0n) is 11.2. The molecule has 0 amide bonds. The second kappa shape index (κ2) is 4.62. The van der Waals surface area contributed by atoms with Gasteiger partial charge in [0.1, 0.15) is 0 Å². The molecule has 1 fully saturated rings. The Labute approximate surface area is 117 Å². The van der Waals surface area contributed by atoms with E-state index in [0.717, 1.165) is 13.0 Å². The smallest absolute Gasteiger partial charge is 0.0816 e. The highest BCUT2D eigenvalue weighted by atomic mass is 79.9. The molecule has 0 aromatic heterocycles. The topological polar surface area (TPSA) is 12.5 Å². The molecule has 0 spiro atoms. The van der Waals surface area contributed by atoms with Gasteiger partial charge < -0.3 is 4.74 Å². The number of fused-ring (bicyclic) bond motifs is 3. The zero-order chi connectivity index (χ0) is 12.9. The van der Waals surface area contributed by atoms with Gasteiger partial charge in [-0.15, -0.1) is 0 Å². The van der Waals surface area contributed by atoms with Gasteiger partial charge in [0.25, 0.3) is 0 Å². The van der Waals surface area contributed by atoms with E-state index in [1.54, 1.807) is 0 Å². The molecule has 3 heteroatoms. The molecular weight excluding hydrogens is 290 g/mol. The molecule has 1 aromatic carbocycles. The van der Waals surface area contributed by atoms with E-state index < -0.39 is 0 Å². The molecule has 0 radical (unpaired) electrons. The molecule has 2 nitrogen and oxygen atoms in total. The molecule has 0 unspecified atom stereocenters. The normalized spacial score (nSPS) is 31.5. The van der Waals surface area contributed by atoms with E-state index in [1.807, 2.05) is 0 Å². The Bertz CT molecular complexity index is 460. The van der Waals surface area contributed by atoms with Crippen LogP contribution in [0.5, 0.6) is 0 Å². The fourth-order valence-corrected chi connectivity index (χ4v) is 3.78. The van der Waals surface area contributed by atoms with Gasteiger partial charge in [0.15, 0.2) is 0 Å². The maximum Gasteiger partial charge on any atom is 0.0816 e. The summed E-state index contributed by atoms with van der Waals surface area (Å²) in [6.45, 7) is 7.79. The van der Waals surface area contributed by atoms with Crippen molar-refractivity contribution in [2.75, 3.05) is 6.54 Å². The number of halogens is 1. The molecule has 1 saturated heterocycles. The van der Waals surface area contributed by atoms with Gasteiger partial charge in [0, 0.05) is 23.5 Å². The van der Waals surface area contributed by atoms with Crippen LogP contribution in [-0.4, -0.2) is 29.7 Å². The van der Waals surface area contributed by atoms with E-state index in [0.29, 0.717) is 24.3 Å². The molecule has 1 heterocycles. The van der Waals surface area contributed by atoms with Crippen molar-refractivity contribution < 1.29 is 4.74 Å². The second-order valence-corrected chi connectivity index (χ2v) is 6.68. The van der Waals surface area contributed by atoms with Gasteiger partial charge in [-0.1, -0.05) is 22.0 Å². The number of rotatable bonds is 1. The van der Waals surface area contributed by atoms with Gasteiger partial charge >= 0.3 is 0 Å². The monoisotopic (exact) mass is 309 g/mol. The minimum Gasteiger partial charge on any atom is -0.372 e. The van der Waals surface area contributed by atoms with Crippen molar-refractivity contribution in [3.8, 4) is 0 Å². The predicted octanol–water partition coefficient (Wildman–Crippen LogP) is 3.54. The summed E-state index contributed by atoms with van der Waals surface area (Å²) in [6, 6.07) is 7.68. The van der Waals surface area contributed by atoms with Crippen molar-refractivity contribution in [3.05, 3.63) is 33.8 Å². The van der Waals surface area contributed by atoms with Crippen LogP contribution in [0.3, 0.4) is 0 Å². The van der Waals surface area contributed by atoms with Crippen LogP contribution in [0.15, 0.2) is 22.7 Å². The summed E-state index contributed by atoms with van der Waals surface area (Å²) in [6.07, 6.45) is 1.72. The van der Waals surface area contributed by atoms with Gasteiger partial charge in [-0.2, -0.15) is 0 Å². The van der Waals surface area contributed by atoms with Crippen LogP contribution < -0.4 is 0 Å². The molecule has 3 rings (SSSR count). The molecule has 98 valence electrons. The molecule has 1 aliphatic carbocycles. The fraction of sp³-hybridized carbons (Fsp3) is 0.600. The number of benzene rings is 1. The summed E-state index contributed by atoms with van der Waals surface area (Å²) < 4.78 is 7.33. The Hall–Kier alpha value is -0.380. The summed E-state index contributed by atoms with van der Waals surface area (Å²) in [5.74, 6) is 0. The molecule has 0 bridgehead atoms. The number of morpholine rings is 1. The van der Waals surface area contributed by atoms with Crippen molar-refractivity contribution in [1.29, 1.82) is 0 Å². The summed E-state index contributed by atoms with van der Waals surface area (Å²) in [7, 11) is 0. The molecule has 0 N–H and O–H groups in total. The quantitative estimate of drug-likeness (QED) is 0.786. The first-order valence-electron chi connectivity index (χ1n) is 6.76. The first kappa shape index (κ1) is 12.6. The maximum absolute atomic E-state index is 6.16. The average Bonchev–Trinajstić information content (AvgIpc) is 2.64. The van der Waals surface area contributed by atoms with Crippen LogP contribution in [0, 0.1) is 0 Å². The van der Waals surface area contributed by atoms with E-state index in [9.17, 15) is 0 Å². The van der Waals surface area contributed by atoms with Crippen molar-refractivity contribution >= 4 is 15.9 Å². The number of nitrogens with zero attached hydrogens (tertiary/aromatic N) is 1. The van der Waals surface area contributed by atoms with Crippen LogP contribution in [0.4, 0.5) is 0 Å². The lowest BCUT2D eigenvalue weighted by atomic mass is 10.0. The van der Waals surface area contributed by atoms with Crippen molar-refractivity contribution in [1.82, 2.24) is 4.90 Å². The fourth-order valence-electron chi connectivity index (χ4n) is 3.37. The average molecular weight is 310 g/mol. The highest BCUT2D eigenvalue weighted by Crippen LogP contribution is 2.42. The van der Waals surface area contributed by atoms with E-state index in [-0.39, 0.29) is 0 Å². The Morgan fingerprint density at radius 3 is 2.89 bits per heavy atom. The third-order valence-electron chi connectivity index (χ3n) is 4.09. The Kier molecular flexibility index (Phi) is 3.25. The summed E-state index contributed by atoms with van der Waals surface area (Å²) >= 11 is 3.57. The van der Waals surface area contributed by atoms with Gasteiger partial charge in [-0.05, 0) is 44.0 Å². The Morgan fingerprint density at radius 2 is 2.17 bits per heavy atom. The van der Waals surface area contributed by atoms with Gasteiger partial charge in [-0.25, -0.2) is 0 Å². The highest BCUT2D eigenvalue weighted by molar-refractivity contribution is 9.10. The molecule has 3 atom stereocenters. The number of hydrogen-bond acceptors (Lipinski definition) is 2. The van der Waals surface area contributed by atoms with Crippen LogP contribution in [0.1, 0.15) is 37.9 Å². The largest absolute Gasteiger partial charge is 0.372 e. The van der Waals surface area contributed by atoms with Gasteiger partial charge in [0.05, 0.1) is 18.2 Å². The lowest BCUT2D eigenvalue weighted by molar-refractivity contribution is -0.116. The third-order valence-corrected chi connectivity index (χ3v) is 4.59. The number of hydrogen-bond donors (Lipinski definition) is 0. The zero-order valence-corrected chi connectivity index (χ0v) is 12.8. The highest BCUT2D eigenvalue weighted by Gasteiger charge is 2.42.